The molecule has 0 spiro atoms. The summed E-state index contributed by atoms with van der Waals surface area (Å²) in [6, 6.07) is 33.9. The normalized spacial score (nSPS) is 11.1. The molecule has 0 aromatic heterocycles. The molecule has 0 unspecified atom stereocenters. The molecular formula is C32H24N2O4. The van der Waals surface area contributed by atoms with Gasteiger partial charge >= 0.3 is 0 Å². The summed E-state index contributed by atoms with van der Waals surface area (Å²) < 4.78 is 11.9. The van der Waals surface area contributed by atoms with Crippen LogP contribution in [-0.2, 0) is 0 Å². The minimum Gasteiger partial charge on any atom is -0.506 e. The van der Waals surface area contributed by atoms with E-state index in [-0.39, 0.29) is 11.5 Å². The molecule has 0 heterocycles. The molecule has 0 radical (unpaired) electrons. The lowest BCUT2D eigenvalue weighted by Gasteiger charge is -2.13. The number of fused-ring (bicyclic) bond motifs is 2. The third kappa shape index (κ3) is 4.35. The van der Waals surface area contributed by atoms with Crippen molar-refractivity contribution >= 4 is 32.9 Å². The van der Waals surface area contributed by atoms with Gasteiger partial charge in [-0.25, -0.2) is 0 Å². The van der Waals surface area contributed by atoms with Crippen molar-refractivity contribution < 1.29 is 19.7 Å². The minimum atomic E-state index is -0.0123. The second-order valence-corrected chi connectivity index (χ2v) is 9.02. The molecule has 6 N–H and O–H groups in total. The predicted molar refractivity (Wildman–Crippen MR) is 152 cm³/mol. The van der Waals surface area contributed by atoms with Gasteiger partial charge in [-0.2, -0.15) is 0 Å². The van der Waals surface area contributed by atoms with Crippen LogP contribution in [0.3, 0.4) is 0 Å². The van der Waals surface area contributed by atoms with Gasteiger partial charge in [0.1, 0.15) is 34.5 Å². The summed E-state index contributed by atoms with van der Waals surface area (Å²) in [6.45, 7) is 0. The van der Waals surface area contributed by atoms with E-state index in [1.807, 2.05) is 60.7 Å². The zero-order valence-electron chi connectivity index (χ0n) is 20.3. The zero-order valence-corrected chi connectivity index (χ0v) is 20.3. The molecule has 186 valence electrons. The number of nitrogens with two attached hydrogens (primary N) is 2. The second-order valence-electron chi connectivity index (χ2n) is 9.02. The molecule has 0 saturated heterocycles. The maximum absolute atomic E-state index is 9.88. The number of phenols is 2. The van der Waals surface area contributed by atoms with E-state index in [0.29, 0.717) is 34.4 Å². The fourth-order valence-electron chi connectivity index (χ4n) is 4.57. The average molecular weight is 501 g/mol. The van der Waals surface area contributed by atoms with Gasteiger partial charge in [0.05, 0.1) is 11.4 Å². The van der Waals surface area contributed by atoms with Gasteiger partial charge in [0.2, 0.25) is 0 Å². The van der Waals surface area contributed by atoms with Crippen LogP contribution in [0.5, 0.6) is 34.5 Å². The van der Waals surface area contributed by atoms with Crippen LogP contribution in [0.2, 0.25) is 0 Å². The molecule has 0 amide bonds. The van der Waals surface area contributed by atoms with Crippen molar-refractivity contribution in [3.8, 4) is 45.6 Å². The third-order valence-electron chi connectivity index (χ3n) is 6.47. The van der Waals surface area contributed by atoms with Crippen LogP contribution in [0, 0.1) is 0 Å². The summed E-state index contributed by atoms with van der Waals surface area (Å²) in [7, 11) is 0. The monoisotopic (exact) mass is 500 g/mol. The Balaban J connectivity index is 1.35. The Kier molecular flexibility index (Phi) is 5.62. The summed E-state index contributed by atoms with van der Waals surface area (Å²) in [5.41, 5.74) is 14.2. The van der Waals surface area contributed by atoms with Crippen molar-refractivity contribution in [2.45, 2.75) is 0 Å². The van der Waals surface area contributed by atoms with E-state index >= 15 is 0 Å². The Bertz CT molecular complexity index is 1700. The molecule has 0 aliphatic rings. The van der Waals surface area contributed by atoms with Gasteiger partial charge in [-0.1, -0.05) is 48.5 Å². The molecule has 6 heteroatoms. The molecule has 6 aromatic carbocycles. The van der Waals surface area contributed by atoms with Gasteiger partial charge in [-0.15, -0.1) is 0 Å². The number of aromatic hydroxyl groups is 2. The van der Waals surface area contributed by atoms with Gasteiger partial charge in [-0.05, 0) is 81.2 Å². The fraction of sp³-hybridized carbons (Fsp3) is 0. The summed E-state index contributed by atoms with van der Waals surface area (Å²) in [4.78, 5) is 0. The Hall–Kier alpha value is -5.36. The van der Waals surface area contributed by atoms with Gasteiger partial charge in [-0.3, -0.25) is 0 Å². The van der Waals surface area contributed by atoms with Crippen LogP contribution >= 0.6 is 0 Å². The number of ether oxygens (including phenoxy) is 2. The molecule has 38 heavy (non-hydrogen) atoms. The number of anilines is 2. The standard InChI is InChI=1S/C32H24N2O4/c33-29-13-9-23(17-31(29)35)37-21-7-11-25-19(15-21)3-1-5-27(25)28-6-2-4-20-16-22(8-12-26(20)28)38-24-10-14-30(34)32(36)18-24/h1-18,35-36H,33-34H2. The molecule has 6 nitrogen and oxygen atoms in total. The van der Waals surface area contributed by atoms with Crippen molar-refractivity contribution in [3.05, 3.63) is 109 Å². The molecule has 0 fully saturated rings. The van der Waals surface area contributed by atoms with E-state index < -0.39 is 0 Å². The van der Waals surface area contributed by atoms with E-state index in [1.165, 1.54) is 12.1 Å². The van der Waals surface area contributed by atoms with Gasteiger partial charge in [0.25, 0.3) is 0 Å². The van der Waals surface area contributed by atoms with Crippen LogP contribution in [0.4, 0.5) is 11.4 Å². The van der Waals surface area contributed by atoms with Crippen molar-refractivity contribution in [1.29, 1.82) is 0 Å². The van der Waals surface area contributed by atoms with Crippen LogP contribution in [0.1, 0.15) is 0 Å². The van der Waals surface area contributed by atoms with Gasteiger partial charge < -0.3 is 31.2 Å². The van der Waals surface area contributed by atoms with E-state index in [2.05, 4.69) is 12.1 Å². The van der Waals surface area contributed by atoms with E-state index in [4.69, 9.17) is 20.9 Å². The molecule has 0 aliphatic carbocycles. The molecule has 6 rings (SSSR count). The fourth-order valence-corrected chi connectivity index (χ4v) is 4.57. The maximum Gasteiger partial charge on any atom is 0.142 e. The van der Waals surface area contributed by atoms with Gasteiger partial charge in [0, 0.05) is 12.1 Å². The molecule has 0 bridgehead atoms. The summed E-state index contributed by atoms with van der Waals surface area (Å²) in [5, 5.41) is 24.0. The number of hydrogen-bond donors (Lipinski definition) is 4. The Morgan fingerprint density at radius 1 is 0.447 bits per heavy atom. The summed E-state index contributed by atoms with van der Waals surface area (Å²) in [5.74, 6) is 2.31. The minimum absolute atomic E-state index is 0.0123. The highest BCUT2D eigenvalue weighted by molar-refractivity contribution is 6.06. The Morgan fingerprint density at radius 3 is 1.26 bits per heavy atom. The second kappa shape index (κ2) is 9.26. The molecule has 6 aromatic rings. The van der Waals surface area contributed by atoms with Crippen molar-refractivity contribution in [2.75, 3.05) is 11.5 Å². The van der Waals surface area contributed by atoms with E-state index in [1.54, 1.807) is 24.3 Å². The SMILES string of the molecule is Nc1ccc(Oc2ccc3c(-c4cccc5cc(Oc6ccc(N)c(O)c6)ccc45)cccc3c2)cc1O. The van der Waals surface area contributed by atoms with Crippen LogP contribution in [0.25, 0.3) is 32.7 Å². The van der Waals surface area contributed by atoms with Crippen molar-refractivity contribution in [2.24, 2.45) is 0 Å². The van der Waals surface area contributed by atoms with Crippen LogP contribution in [0.15, 0.2) is 109 Å². The van der Waals surface area contributed by atoms with E-state index in [0.717, 1.165) is 32.7 Å². The highest BCUT2D eigenvalue weighted by atomic mass is 16.5. The first-order valence-corrected chi connectivity index (χ1v) is 12.0. The van der Waals surface area contributed by atoms with Gasteiger partial charge in [0.15, 0.2) is 0 Å². The average Bonchev–Trinajstić information content (AvgIpc) is 2.92. The lowest BCUT2D eigenvalue weighted by molar-refractivity contribution is 0.456. The maximum atomic E-state index is 9.88. The Labute approximate surface area is 218 Å². The largest absolute Gasteiger partial charge is 0.506 e. The number of hydrogen-bond acceptors (Lipinski definition) is 6. The Morgan fingerprint density at radius 2 is 0.842 bits per heavy atom. The molecular weight excluding hydrogens is 476 g/mol. The number of rotatable bonds is 5. The quantitative estimate of drug-likeness (QED) is 0.142. The first kappa shape index (κ1) is 23.1. The third-order valence-corrected chi connectivity index (χ3v) is 6.47. The smallest absolute Gasteiger partial charge is 0.142 e. The van der Waals surface area contributed by atoms with Crippen LogP contribution < -0.4 is 20.9 Å². The zero-order chi connectivity index (χ0) is 26.2. The number of nitrogen functional groups attached to an aromatic ring is 2. The predicted octanol–water partition coefficient (Wildman–Crippen LogP) is 7.82. The van der Waals surface area contributed by atoms with Crippen LogP contribution in [-0.4, -0.2) is 10.2 Å². The summed E-state index contributed by atoms with van der Waals surface area (Å²) in [6.07, 6.45) is 0. The molecule has 0 saturated carbocycles. The lowest BCUT2D eigenvalue weighted by atomic mass is 9.94. The molecule has 0 aliphatic heterocycles. The van der Waals surface area contributed by atoms with Crippen molar-refractivity contribution in [3.63, 3.8) is 0 Å². The lowest BCUT2D eigenvalue weighted by Crippen LogP contribution is -1.90. The number of phenolic OH excluding ortho intramolecular Hbond substituents is 2. The number of benzene rings is 6. The highest BCUT2D eigenvalue weighted by Crippen LogP contribution is 2.38. The molecule has 0 atom stereocenters. The highest BCUT2D eigenvalue weighted by Gasteiger charge is 2.11. The van der Waals surface area contributed by atoms with E-state index in [9.17, 15) is 10.2 Å². The first-order valence-electron chi connectivity index (χ1n) is 12.0. The van der Waals surface area contributed by atoms with Crippen molar-refractivity contribution in [1.82, 2.24) is 0 Å². The first-order chi connectivity index (χ1) is 18.4. The topological polar surface area (TPSA) is 111 Å². The summed E-state index contributed by atoms with van der Waals surface area (Å²) >= 11 is 0.